The molecule has 0 aliphatic heterocycles. The van der Waals surface area contributed by atoms with Crippen LogP contribution < -0.4 is 4.74 Å². The van der Waals surface area contributed by atoms with Crippen LogP contribution in [-0.2, 0) is 0 Å². The minimum absolute atomic E-state index is 0.241. The molecule has 1 atom stereocenters. The number of methoxy groups -OCH3 is 1. The third kappa shape index (κ3) is 2.31. The molecule has 0 saturated heterocycles. The van der Waals surface area contributed by atoms with Gasteiger partial charge in [-0.05, 0) is 55.8 Å². The van der Waals surface area contributed by atoms with Crippen molar-refractivity contribution in [2.45, 2.75) is 19.8 Å². The van der Waals surface area contributed by atoms with E-state index < -0.39 is 0 Å². The fourth-order valence-electron chi connectivity index (χ4n) is 2.60. The van der Waals surface area contributed by atoms with Gasteiger partial charge in [0.05, 0.1) is 30.5 Å². The van der Waals surface area contributed by atoms with Crippen molar-refractivity contribution in [3.05, 3.63) is 53.9 Å². The van der Waals surface area contributed by atoms with Crippen LogP contribution in [0, 0.1) is 18.3 Å². The Hall–Kier alpha value is -2.80. The average molecular weight is 291 g/mol. The standard InChI is InChI=1S/C18H17N3O/c1-12-8-9-21-16(10-12)20-17(18(21)13(2)11-19)14-4-6-15(22-3)7-5-14/h4-10,13H,1-3H3. The summed E-state index contributed by atoms with van der Waals surface area (Å²) >= 11 is 0. The van der Waals surface area contributed by atoms with Crippen LogP contribution in [0.25, 0.3) is 16.9 Å². The molecular weight excluding hydrogens is 274 g/mol. The van der Waals surface area contributed by atoms with Crippen molar-refractivity contribution in [1.82, 2.24) is 9.38 Å². The van der Waals surface area contributed by atoms with Gasteiger partial charge in [0.15, 0.2) is 0 Å². The average Bonchev–Trinajstić information content (AvgIpc) is 2.92. The lowest BCUT2D eigenvalue weighted by Crippen LogP contribution is -1.98. The largest absolute Gasteiger partial charge is 0.497 e. The number of fused-ring (bicyclic) bond motifs is 1. The van der Waals surface area contributed by atoms with E-state index in [2.05, 4.69) is 6.07 Å². The number of nitrogens with zero attached hydrogens (tertiary/aromatic N) is 3. The zero-order chi connectivity index (χ0) is 15.7. The normalized spacial score (nSPS) is 12.1. The number of nitriles is 1. The van der Waals surface area contributed by atoms with E-state index in [1.54, 1.807) is 7.11 Å². The van der Waals surface area contributed by atoms with Crippen molar-refractivity contribution in [1.29, 1.82) is 5.26 Å². The maximum atomic E-state index is 9.36. The Bertz CT molecular complexity index is 856. The van der Waals surface area contributed by atoms with Crippen molar-refractivity contribution < 1.29 is 4.74 Å². The number of ether oxygens (including phenoxy) is 1. The van der Waals surface area contributed by atoms with Gasteiger partial charge in [0, 0.05) is 11.8 Å². The van der Waals surface area contributed by atoms with Crippen molar-refractivity contribution in [3.63, 3.8) is 0 Å². The van der Waals surface area contributed by atoms with Crippen LogP contribution in [0.4, 0.5) is 0 Å². The molecule has 1 aromatic carbocycles. The number of benzene rings is 1. The van der Waals surface area contributed by atoms with Gasteiger partial charge in [0.25, 0.3) is 0 Å². The molecular formula is C18H17N3O. The van der Waals surface area contributed by atoms with E-state index in [1.807, 2.05) is 60.8 Å². The molecule has 4 heteroatoms. The number of pyridine rings is 1. The summed E-state index contributed by atoms with van der Waals surface area (Å²) in [5.74, 6) is 0.563. The minimum Gasteiger partial charge on any atom is -0.497 e. The number of hydrogen-bond acceptors (Lipinski definition) is 3. The Balaban J connectivity index is 2.25. The van der Waals surface area contributed by atoms with Crippen molar-refractivity contribution >= 4 is 5.65 Å². The first-order valence-corrected chi connectivity index (χ1v) is 7.16. The lowest BCUT2D eigenvalue weighted by atomic mass is 10.0. The van der Waals surface area contributed by atoms with Crippen LogP contribution in [0.2, 0.25) is 0 Å². The van der Waals surface area contributed by atoms with E-state index in [4.69, 9.17) is 9.72 Å². The van der Waals surface area contributed by atoms with Gasteiger partial charge >= 0.3 is 0 Å². The third-order valence-corrected chi connectivity index (χ3v) is 3.79. The molecule has 110 valence electrons. The van der Waals surface area contributed by atoms with E-state index in [1.165, 1.54) is 0 Å². The molecule has 0 amide bonds. The smallest absolute Gasteiger partial charge is 0.137 e. The van der Waals surface area contributed by atoms with Crippen molar-refractivity contribution in [2.24, 2.45) is 0 Å². The molecule has 0 saturated carbocycles. The summed E-state index contributed by atoms with van der Waals surface area (Å²) in [6.07, 6.45) is 1.98. The van der Waals surface area contributed by atoms with Crippen LogP contribution in [-0.4, -0.2) is 16.5 Å². The fraction of sp³-hybridized carbons (Fsp3) is 0.222. The topological polar surface area (TPSA) is 50.3 Å². The Morgan fingerprint density at radius 3 is 2.59 bits per heavy atom. The van der Waals surface area contributed by atoms with E-state index >= 15 is 0 Å². The molecule has 0 aliphatic carbocycles. The quantitative estimate of drug-likeness (QED) is 0.734. The molecule has 0 N–H and O–H groups in total. The first kappa shape index (κ1) is 14.2. The van der Waals surface area contributed by atoms with Gasteiger partial charge in [-0.2, -0.15) is 5.26 Å². The second-order valence-electron chi connectivity index (χ2n) is 5.36. The maximum Gasteiger partial charge on any atom is 0.137 e. The predicted molar refractivity (Wildman–Crippen MR) is 85.9 cm³/mol. The Morgan fingerprint density at radius 2 is 1.95 bits per heavy atom. The van der Waals surface area contributed by atoms with Crippen LogP contribution in [0.3, 0.4) is 0 Å². The van der Waals surface area contributed by atoms with Crippen LogP contribution in [0.1, 0.15) is 24.1 Å². The van der Waals surface area contributed by atoms with Gasteiger partial charge in [-0.15, -0.1) is 0 Å². The summed E-state index contributed by atoms with van der Waals surface area (Å²) in [7, 11) is 1.64. The highest BCUT2D eigenvalue weighted by molar-refractivity contribution is 5.68. The number of imidazole rings is 1. The molecule has 0 spiro atoms. The first-order valence-electron chi connectivity index (χ1n) is 7.16. The SMILES string of the molecule is COc1ccc(-c2nc3cc(C)ccn3c2C(C)C#N)cc1. The van der Waals surface area contributed by atoms with Gasteiger partial charge in [-0.1, -0.05) is 0 Å². The fourth-order valence-corrected chi connectivity index (χ4v) is 2.60. The number of aryl methyl sites for hydroxylation is 1. The summed E-state index contributed by atoms with van der Waals surface area (Å²) in [5, 5.41) is 9.36. The van der Waals surface area contributed by atoms with Crippen molar-refractivity contribution in [3.8, 4) is 23.1 Å². The zero-order valence-electron chi connectivity index (χ0n) is 12.9. The minimum atomic E-state index is -0.241. The summed E-state index contributed by atoms with van der Waals surface area (Å²) in [4.78, 5) is 4.74. The molecule has 0 bridgehead atoms. The van der Waals surface area contributed by atoms with E-state index in [0.29, 0.717) is 0 Å². The zero-order valence-corrected chi connectivity index (χ0v) is 12.9. The second kappa shape index (κ2) is 5.53. The van der Waals surface area contributed by atoms with Gasteiger partial charge in [-0.3, -0.25) is 0 Å². The highest BCUT2D eigenvalue weighted by atomic mass is 16.5. The molecule has 0 radical (unpaired) electrons. The highest BCUT2D eigenvalue weighted by Crippen LogP contribution is 2.31. The molecule has 22 heavy (non-hydrogen) atoms. The molecule has 0 aliphatic rings. The predicted octanol–water partition coefficient (Wildman–Crippen LogP) is 3.95. The van der Waals surface area contributed by atoms with Gasteiger partial charge < -0.3 is 9.14 Å². The van der Waals surface area contributed by atoms with Crippen molar-refractivity contribution in [2.75, 3.05) is 7.11 Å². The highest BCUT2D eigenvalue weighted by Gasteiger charge is 2.19. The number of hydrogen-bond donors (Lipinski definition) is 0. The Morgan fingerprint density at radius 1 is 1.23 bits per heavy atom. The molecule has 0 fully saturated rings. The van der Waals surface area contributed by atoms with Gasteiger partial charge in [-0.25, -0.2) is 4.98 Å². The van der Waals surface area contributed by atoms with Crippen LogP contribution >= 0.6 is 0 Å². The Kier molecular flexibility index (Phi) is 3.56. The summed E-state index contributed by atoms with van der Waals surface area (Å²) in [5.41, 5.74) is 4.77. The molecule has 2 heterocycles. The summed E-state index contributed by atoms with van der Waals surface area (Å²) < 4.78 is 7.20. The number of aromatic nitrogens is 2. The Labute approximate surface area is 129 Å². The van der Waals surface area contributed by atoms with Crippen LogP contribution in [0.15, 0.2) is 42.6 Å². The monoisotopic (exact) mass is 291 g/mol. The number of rotatable bonds is 3. The lowest BCUT2D eigenvalue weighted by Gasteiger charge is -2.07. The summed E-state index contributed by atoms with van der Waals surface area (Å²) in [6, 6.07) is 14.1. The lowest BCUT2D eigenvalue weighted by molar-refractivity contribution is 0.415. The van der Waals surface area contributed by atoms with E-state index in [-0.39, 0.29) is 5.92 Å². The second-order valence-corrected chi connectivity index (χ2v) is 5.36. The van der Waals surface area contributed by atoms with Crippen LogP contribution in [0.5, 0.6) is 5.75 Å². The maximum absolute atomic E-state index is 9.36. The molecule has 4 nitrogen and oxygen atoms in total. The molecule has 3 rings (SSSR count). The third-order valence-electron chi connectivity index (χ3n) is 3.79. The molecule has 2 aromatic heterocycles. The molecule has 3 aromatic rings. The summed E-state index contributed by atoms with van der Waals surface area (Å²) in [6.45, 7) is 3.94. The molecule has 1 unspecified atom stereocenters. The van der Waals surface area contributed by atoms with Gasteiger partial charge in [0.1, 0.15) is 11.4 Å². The van der Waals surface area contributed by atoms with E-state index in [0.717, 1.165) is 33.9 Å². The van der Waals surface area contributed by atoms with Gasteiger partial charge in [0.2, 0.25) is 0 Å². The first-order chi connectivity index (χ1) is 10.6. The van der Waals surface area contributed by atoms with E-state index in [9.17, 15) is 5.26 Å².